The molecule has 0 unspecified atom stereocenters. The lowest BCUT2D eigenvalue weighted by atomic mass is 10.1. The topological polar surface area (TPSA) is 52.5 Å². The predicted molar refractivity (Wildman–Crippen MR) is 119 cm³/mol. The van der Waals surface area contributed by atoms with Crippen LogP contribution in [0.4, 0.5) is 11.5 Å². The van der Waals surface area contributed by atoms with Crippen molar-refractivity contribution < 1.29 is 5.11 Å². The molecule has 2 aromatic carbocycles. The zero-order valence-corrected chi connectivity index (χ0v) is 17.6. The first kappa shape index (κ1) is 19.2. The molecule has 1 aliphatic heterocycles. The average Bonchev–Trinajstić information content (AvgIpc) is 2.74. The highest BCUT2D eigenvalue weighted by atomic mass is 16.3. The third-order valence-electron chi connectivity index (χ3n) is 5.82. The SMILES string of the molecule is Cc1cc(N2CCN(c3nc(-c4ccccc4)nc(C)c3C)CC2)cc(C)c1O. The minimum Gasteiger partial charge on any atom is -0.507 e. The molecular formula is C24H28N4O. The van der Waals surface area contributed by atoms with E-state index in [9.17, 15) is 5.11 Å². The van der Waals surface area contributed by atoms with Crippen LogP contribution in [-0.4, -0.2) is 41.3 Å². The first-order valence-electron chi connectivity index (χ1n) is 10.1. The maximum atomic E-state index is 10.1. The summed E-state index contributed by atoms with van der Waals surface area (Å²) < 4.78 is 0. The van der Waals surface area contributed by atoms with Crippen LogP contribution in [0.5, 0.6) is 5.75 Å². The summed E-state index contributed by atoms with van der Waals surface area (Å²) in [5.41, 5.74) is 6.26. The van der Waals surface area contributed by atoms with Crippen molar-refractivity contribution in [3.63, 3.8) is 0 Å². The molecule has 0 amide bonds. The number of anilines is 2. The summed E-state index contributed by atoms with van der Waals surface area (Å²) in [6.07, 6.45) is 0. The molecule has 1 aromatic heterocycles. The summed E-state index contributed by atoms with van der Waals surface area (Å²) in [5, 5.41) is 10.1. The number of nitrogens with zero attached hydrogens (tertiary/aromatic N) is 4. The maximum absolute atomic E-state index is 10.1. The Morgan fingerprint density at radius 1 is 0.793 bits per heavy atom. The highest BCUT2D eigenvalue weighted by Crippen LogP contribution is 2.30. The highest BCUT2D eigenvalue weighted by molar-refractivity contribution is 5.61. The monoisotopic (exact) mass is 388 g/mol. The Bertz CT molecular complexity index is 1000. The third kappa shape index (κ3) is 3.77. The van der Waals surface area contributed by atoms with Gasteiger partial charge in [0.25, 0.3) is 0 Å². The average molecular weight is 389 g/mol. The van der Waals surface area contributed by atoms with Crippen molar-refractivity contribution in [3.05, 3.63) is 64.8 Å². The molecule has 3 aromatic rings. The molecule has 0 aliphatic carbocycles. The fraction of sp³-hybridized carbons (Fsp3) is 0.333. The summed E-state index contributed by atoms with van der Waals surface area (Å²) in [6.45, 7) is 11.7. The number of phenolic OH excluding ortho intramolecular Hbond substituents is 1. The van der Waals surface area contributed by atoms with Crippen LogP contribution in [0.2, 0.25) is 0 Å². The first-order valence-corrected chi connectivity index (χ1v) is 10.1. The van der Waals surface area contributed by atoms with Crippen LogP contribution >= 0.6 is 0 Å². The fourth-order valence-electron chi connectivity index (χ4n) is 3.93. The van der Waals surface area contributed by atoms with Gasteiger partial charge in [0.2, 0.25) is 0 Å². The van der Waals surface area contributed by atoms with E-state index in [0.29, 0.717) is 5.75 Å². The molecule has 0 radical (unpaired) electrons. The van der Waals surface area contributed by atoms with E-state index in [-0.39, 0.29) is 0 Å². The second-order valence-corrected chi connectivity index (χ2v) is 7.85. The van der Waals surface area contributed by atoms with Gasteiger partial charge in [-0.25, -0.2) is 9.97 Å². The van der Waals surface area contributed by atoms with E-state index < -0.39 is 0 Å². The first-order chi connectivity index (χ1) is 13.9. The second kappa shape index (κ2) is 7.74. The van der Waals surface area contributed by atoms with Gasteiger partial charge in [-0.1, -0.05) is 30.3 Å². The van der Waals surface area contributed by atoms with Crippen molar-refractivity contribution in [2.45, 2.75) is 27.7 Å². The van der Waals surface area contributed by atoms with E-state index in [2.05, 4.69) is 47.9 Å². The zero-order chi connectivity index (χ0) is 20.5. The molecule has 4 rings (SSSR count). The Morgan fingerprint density at radius 2 is 1.38 bits per heavy atom. The summed E-state index contributed by atoms with van der Waals surface area (Å²) in [4.78, 5) is 14.4. The van der Waals surface area contributed by atoms with E-state index in [0.717, 1.165) is 65.8 Å². The van der Waals surface area contributed by atoms with Gasteiger partial charge in [-0.15, -0.1) is 0 Å². The third-order valence-corrected chi connectivity index (χ3v) is 5.82. The molecular weight excluding hydrogens is 360 g/mol. The number of aromatic nitrogens is 2. The number of phenols is 1. The standard InChI is InChI=1S/C24H28N4O/c1-16-14-21(15-17(2)22(16)29)27-10-12-28(13-11-27)24-18(3)19(4)25-23(26-24)20-8-6-5-7-9-20/h5-9,14-15,29H,10-13H2,1-4H3. The lowest BCUT2D eigenvalue weighted by Gasteiger charge is -2.37. The Labute approximate surface area is 172 Å². The van der Waals surface area contributed by atoms with Crippen molar-refractivity contribution >= 4 is 11.5 Å². The minimum absolute atomic E-state index is 0.396. The molecule has 1 saturated heterocycles. The zero-order valence-electron chi connectivity index (χ0n) is 17.6. The Balaban J connectivity index is 1.56. The second-order valence-electron chi connectivity index (χ2n) is 7.85. The van der Waals surface area contributed by atoms with Crippen LogP contribution in [0.3, 0.4) is 0 Å². The van der Waals surface area contributed by atoms with Gasteiger partial charge in [0.1, 0.15) is 11.6 Å². The summed E-state index contributed by atoms with van der Waals surface area (Å²) in [6, 6.07) is 14.3. The molecule has 0 saturated carbocycles. The van der Waals surface area contributed by atoms with Gasteiger partial charge in [-0.05, 0) is 51.0 Å². The predicted octanol–water partition coefficient (Wildman–Crippen LogP) is 4.41. The molecule has 5 heteroatoms. The van der Waals surface area contributed by atoms with Gasteiger partial charge in [0.05, 0.1) is 0 Å². The molecule has 150 valence electrons. The van der Waals surface area contributed by atoms with E-state index in [1.165, 1.54) is 5.69 Å². The molecule has 2 heterocycles. The lowest BCUT2D eigenvalue weighted by Crippen LogP contribution is -2.47. The van der Waals surface area contributed by atoms with Crippen molar-refractivity contribution in [1.82, 2.24) is 9.97 Å². The Morgan fingerprint density at radius 3 is 2.00 bits per heavy atom. The Hall–Kier alpha value is -3.08. The van der Waals surface area contributed by atoms with E-state index in [1.807, 2.05) is 32.0 Å². The van der Waals surface area contributed by atoms with Crippen LogP contribution in [0.1, 0.15) is 22.4 Å². The van der Waals surface area contributed by atoms with Crippen LogP contribution in [-0.2, 0) is 0 Å². The minimum atomic E-state index is 0.396. The number of benzene rings is 2. The number of rotatable bonds is 3. The largest absolute Gasteiger partial charge is 0.507 e. The van der Waals surface area contributed by atoms with Gasteiger partial charge in [-0.3, -0.25) is 0 Å². The van der Waals surface area contributed by atoms with Crippen molar-refractivity contribution in [2.75, 3.05) is 36.0 Å². The summed E-state index contributed by atoms with van der Waals surface area (Å²) in [5.74, 6) is 2.22. The van der Waals surface area contributed by atoms with E-state index >= 15 is 0 Å². The maximum Gasteiger partial charge on any atom is 0.161 e. The van der Waals surface area contributed by atoms with Crippen molar-refractivity contribution in [1.29, 1.82) is 0 Å². The molecule has 5 nitrogen and oxygen atoms in total. The molecule has 0 bridgehead atoms. The van der Waals surface area contributed by atoms with Crippen molar-refractivity contribution in [2.24, 2.45) is 0 Å². The number of piperazine rings is 1. The van der Waals surface area contributed by atoms with Crippen molar-refractivity contribution in [3.8, 4) is 17.1 Å². The molecule has 1 aliphatic rings. The lowest BCUT2D eigenvalue weighted by molar-refractivity contribution is 0.467. The number of aryl methyl sites for hydroxylation is 3. The molecule has 1 fully saturated rings. The number of aromatic hydroxyl groups is 1. The van der Waals surface area contributed by atoms with Crippen LogP contribution < -0.4 is 9.80 Å². The molecule has 1 N–H and O–H groups in total. The van der Waals surface area contributed by atoms with E-state index in [4.69, 9.17) is 9.97 Å². The normalized spacial score (nSPS) is 14.3. The van der Waals surface area contributed by atoms with Gasteiger partial charge in [0, 0.05) is 48.7 Å². The molecule has 0 atom stereocenters. The summed E-state index contributed by atoms with van der Waals surface area (Å²) >= 11 is 0. The van der Waals surface area contributed by atoms with Gasteiger partial charge in [0.15, 0.2) is 5.82 Å². The van der Waals surface area contributed by atoms with Gasteiger partial charge < -0.3 is 14.9 Å². The van der Waals surface area contributed by atoms with Gasteiger partial charge >= 0.3 is 0 Å². The molecule has 29 heavy (non-hydrogen) atoms. The highest BCUT2D eigenvalue weighted by Gasteiger charge is 2.22. The molecule has 0 spiro atoms. The fourth-order valence-corrected chi connectivity index (χ4v) is 3.93. The Kier molecular flexibility index (Phi) is 5.14. The van der Waals surface area contributed by atoms with Crippen LogP contribution in [0.25, 0.3) is 11.4 Å². The van der Waals surface area contributed by atoms with Crippen LogP contribution in [0.15, 0.2) is 42.5 Å². The number of hydrogen-bond acceptors (Lipinski definition) is 5. The van der Waals surface area contributed by atoms with Crippen LogP contribution in [0, 0.1) is 27.7 Å². The van der Waals surface area contributed by atoms with E-state index in [1.54, 1.807) is 0 Å². The summed E-state index contributed by atoms with van der Waals surface area (Å²) in [7, 11) is 0. The quantitative estimate of drug-likeness (QED) is 0.720. The smallest absolute Gasteiger partial charge is 0.161 e. The van der Waals surface area contributed by atoms with Gasteiger partial charge in [-0.2, -0.15) is 0 Å². The number of hydrogen-bond donors (Lipinski definition) is 1.